The Morgan fingerprint density at radius 2 is 2.08 bits per heavy atom. The summed E-state index contributed by atoms with van der Waals surface area (Å²) in [5, 5.41) is 0. The molecule has 0 heterocycles. The SMILES string of the molecule is CCN(C)c1cccc(C)c1N. The van der Waals surface area contributed by atoms with Gasteiger partial charge in [0.15, 0.2) is 0 Å². The van der Waals surface area contributed by atoms with Gasteiger partial charge in [-0.25, -0.2) is 0 Å². The van der Waals surface area contributed by atoms with Gasteiger partial charge in [0.2, 0.25) is 0 Å². The monoisotopic (exact) mass is 164 g/mol. The molecule has 0 amide bonds. The van der Waals surface area contributed by atoms with Gasteiger partial charge in [0.1, 0.15) is 0 Å². The molecule has 1 rings (SSSR count). The quantitative estimate of drug-likeness (QED) is 0.678. The molecule has 1 aromatic rings. The summed E-state index contributed by atoms with van der Waals surface area (Å²) in [6.45, 7) is 5.12. The zero-order valence-electron chi connectivity index (χ0n) is 7.96. The Bertz CT molecular complexity index is 269. The minimum absolute atomic E-state index is 0.891. The summed E-state index contributed by atoms with van der Waals surface area (Å²) in [7, 11) is 2.05. The Hall–Kier alpha value is -1.18. The number of anilines is 2. The molecule has 0 unspecified atom stereocenters. The zero-order valence-corrected chi connectivity index (χ0v) is 7.96. The van der Waals surface area contributed by atoms with Crippen molar-refractivity contribution in [1.29, 1.82) is 0 Å². The van der Waals surface area contributed by atoms with Crippen molar-refractivity contribution in [2.75, 3.05) is 24.2 Å². The second-order valence-corrected chi connectivity index (χ2v) is 3.02. The average Bonchev–Trinajstić information content (AvgIpc) is 2.08. The van der Waals surface area contributed by atoms with Crippen LogP contribution >= 0.6 is 0 Å². The molecule has 0 bridgehead atoms. The highest BCUT2D eigenvalue weighted by atomic mass is 15.1. The molecular weight excluding hydrogens is 148 g/mol. The van der Waals surface area contributed by atoms with Crippen LogP contribution in [-0.4, -0.2) is 13.6 Å². The van der Waals surface area contributed by atoms with Gasteiger partial charge in [0, 0.05) is 13.6 Å². The van der Waals surface area contributed by atoms with Gasteiger partial charge in [-0.3, -0.25) is 0 Å². The van der Waals surface area contributed by atoms with Gasteiger partial charge < -0.3 is 10.6 Å². The Balaban J connectivity index is 3.07. The third kappa shape index (κ3) is 1.52. The average molecular weight is 164 g/mol. The van der Waals surface area contributed by atoms with E-state index in [1.807, 2.05) is 32.2 Å². The Morgan fingerprint density at radius 3 is 2.67 bits per heavy atom. The first-order valence-electron chi connectivity index (χ1n) is 4.23. The van der Waals surface area contributed by atoms with Crippen LogP contribution in [0, 0.1) is 6.92 Å². The van der Waals surface area contributed by atoms with Crippen LogP contribution in [0.1, 0.15) is 12.5 Å². The molecule has 0 spiro atoms. The maximum absolute atomic E-state index is 5.92. The normalized spacial score (nSPS) is 9.92. The molecule has 66 valence electrons. The van der Waals surface area contributed by atoms with Gasteiger partial charge in [0.05, 0.1) is 11.4 Å². The second kappa shape index (κ2) is 3.48. The lowest BCUT2D eigenvalue weighted by atomic mass is 10.1. The van der Waals surface area contributed by atoms with E-state index < -0.39 is 0 Å². The Kier molecular flexibility index (Phi) is 2.58. The second-order valence-electron chi connectivity index (χ2n) is 3.02. The van der Waals surface area contributed by atoms with Gasteiger partial charge in [0.25, 0.3) is 0 Å². The van der Waals surface area contributed by atoms with Crippen LogP contribution in [0.25, 0.3) is 0 Å². The molecule has 0 aliphatic heterocycles. The highest BCUT2D eigenvalue weighted by Crippen LogP contribution is 2.24. The van der Waals surface area contributed by atoms with Crippen molar-refractivity contribution >= 4 is 11.4 Å². The smallest absolute Gasteiger partial charge is 0.0599 e. The fourth-order valence-corrected chi connectivity index (χ4v) is 1.17. The zero-order chi connectivity index (χ0) is 9.14. The standard InChI is InChI=1S/C10H16N2/c1-4-12(3)9-7-5-6-8(2)10(9)11/h5-7H,4,11H2,1-3H3. The van der Waals surface area contributed by atoms with Crippen LogP contribution in [0.2, 0.25) is 0 Å². The van der Waals surface area contributed by atoms with E-state index in [-0.39, 0.29) is 0 Å². The predicted molar refractivity (Wildman–Crippen MR) is 54.5 cm³/mol. The van der Waals surface area contributed by atoms with E-state index in [0.717, 1.165) is 23.5 Å². The topological polar surface area (TPSA) is 29.3 Å². The van der Waals surface area contributed by atoms with Crippen molar-refractivity contribution in [3.63, 3.8) is 0 Å². The summed E-state index contributed by atoms with van der Waals surface area (Å²) in [5.41, 5.74) is 9.08. The van der Waals surface area contributed by atoms with E-state index in [1.54, 1.807) is 0 Å². The van der Waals surface area contributed by atoms with Crippen LogP contribution in [0.5, 0.6) is 0 Å². The first-order valence-corrected chi connectivity index (χ1v) is 4.23. The largest absolute Gasteiger partial charge is 0.397 e. The van der Waals surface area contributed by atoms with E-state index in [4.69, 9.17) is 5.73 Å². The molecule has 0 saturated carbocycles. The molecule has 0 radical (unpaired) electrons. The van der Waals surface area contributed by atoms with Gasteiger partial charge in [-0.05, 0) is 25.5 Å². The van der Waals surface area contributed by atoms with E-state index in [1.165, 1.54) is 0 Å². The lowest BCUT2D eigenvalue weighted by Crippen LogP contribution is -2.17. The lowest BCUT2D eigenvalue weighted by molar-refractivity contribution is 0.969. The molecule has 0 aliphatic rings. The van der Waals surface area contributed by atoms with Crippen LogP contribution in [0.4, 0.5) is 11.4 Å². The third-order valence-electron chi connectivity index (χ3n) is 2.19. The number of para-hydroxylation sites is 1. The van der Waals surface area contributed by atoms with Gasteiger partial charge >= 0.3 is 0 Å². The maximum atomic E-state index is 5.92. The molecule has 0 aromatic heterocycles. The van der Waals surface area contributed by atoms with Crippen LogP contribution in [0.15, 0.2) is 18.2 Å². The molecule has 0 aliphatic carbocycles. The Morgan fingerprint density at radius 1 is 1.42 bits per heavy atom. The van der Waals surface area contributed by atoms with Crippen LogP contribution < -0.4 is 10.6 Å². The van der Waals surface area contributed by atoms with Crippen molar-refractivity contribution < 1.29 is 0 Å². The number of nitrogen functional groups attached to an aromatic ring is 1. The van der Waals surface area contributed by atoms with E-state index >= 15 is 0 Å². The highest BCUT2D eigenvalue weighted by Gasteiger charge is 2.03. The molecule has 2 N–H and O–H groups in total. The van der Waals surface area contributed by atoms with Crippen molar-refractivity contribution in [1.82, 2.24) is 0 Å². The van der Waals surface area contributed by atoms with Crippen molar-refractivity contribution in [3.8, 4) is 0 Å². The summed E-state index contributed by atoms with van der Waals surface area (Å²) in [6.07, 6.45) is 0. The highest BCUT2D eigenvalue weighted by molar-refractivity contribution is 5.70. The van der Waals surface area contributed by atoms with E-state index in [2.05, 4.69) is 11.8 Å². The molecule has 2 nitrogen and oxygen atoms in total. The molecular formula is C10H16N2. The number of hydrogen-bond acceptors (Lipinski definition) is 2. The van der Waals surface area contributed by atoms with Crippen LogP contribution in [0.3, 0.4) is 0 Å². The molecule has 12 heavy (non-hydrogen) atoms. The molecule has 1 aromatic carbocycles. The van der Waals surface area contributed by atoms with Gasteiger partial charge in [-0.2, -0.15) is 0 Å². The summed E-state index contributed by atoms with van der Waals surface area (Å²) in [6, 6.07) is 6.11. The predicted octanol–water partition coefficient (Wildman–Crippen LogP) is 2.03. The number of benzene rings is 1. The van der Waals surface area contributed by atoms with Crippen LogP contribution in [-0.2, 0) is 0 Å². The van der Waals surface area contributed by atoms with Crippen molar-refractivity contribution in [3.05, 3.63) is 23.8 Å². The first kappa shape index (κ1) is 8.91. The maximum Gasteiger partial charge on any atom is 0.0599 e. The summed E-state index contributed by atoms with van der Waals surface area (Å²) in [4.78, 5) is 2.14. The van der Waals surface area contributed by atoms with Gasteiger partial charge in [-0.1, -0.05) is 12.1 Å². The summed E-state index contributed by atoms with van der Waals surface area (Å²) in [5.74, 6) is 0. The first-order chi connectivity index (χ1) is 5.66. The fourth-order valence-electron chi connectivity index (χ4n) is 1.17. The van der Waals surface area contributed by atoms with Gasteiger partial charge in [-0.15, -0.1) is 0 Å². The number of hydrogen-bond donors (Lipinski definition) is 1. The summed E-state index contributed by atoms with van der Waals surface area (Å²) < 4.78 is 0. The number of nitrogens with zero attached hydrogens (tertiary/aromatic N) is 1. The minimum Gasteiger partial charge on any atom is -0.397 e. The van der Waals surface area contributed by atoms with E-state index in [9.17, 15) is 0 Å². The Labute approximate surface area is 74.0 Å². The molecule has 0 fully saturated rings. The molecule has 2 heteroatoms. The number of nitrogens with two attached hydrogens (primary N) is 1. The molecule has 0 atom stereocenters. The van der Waals surface area contributed by atoms with Crippen molar-refractivity contribution in [2.45, 2.75) is 13.8 Å². The minimum atomic E-state index is 0.891. The molecule has 0 saturated heterocycles. The third-order valence-corrected chi connectivity index (χ3v) is 2.19. The fraction of sp³-hybridized carbons (Fsp3) is 0.400. The van der Waals surface area contributed by atoms with Crippen molar-refractivity contribution in [2.24, 2.45) is 0 Å². The number of rotatable bonds is 2. The lowest BCUT2D eigenvalue weighted by Gasteiger charge is -2.19. The van der Waals surface area contributed by atoms with E-state index in [0.29, 0.717) is 0 Å². The summed E-state index contributed by atoms with van der Waals surface area (Å²) >= 11 is 0. The number of aryl methyl sites for hydroxylation is 1.